The number of nitrogens with zero attached hydrogens (tertiary/aromatic N) is 1. The van der Waals surface area contributed by atoms with E-state index in [2.05, 4.69) is 0 Å². The molecule has 0 atom stereocenters. The highest BCUT2D eigenvalue weighted by Crippen LogP contribution is 2.17. The maximum absolute atomic E-state index is 11.0. The zero-order valence-corrected chi connectivity index (χ0v) is 11.3. The van der Waals surface area contributed by atoms with E-state index in [4.69, 9.17) is 15.7 Å². The van der Waals surface area contributed by atoms with Gasteiger partial charge in [-0.1, -0.05) is 42.5 Å². The number of nitrogens with two attached hydrogens (primary N) is 1. The summed E-state index contributed by atoms with van der Waals surface area (Å²) in [5.41, 5.74) is 6.77. The van der Waals surface area contributed by atoms with Gasteiger partial charge in [-0.15, -0.1) is 0 Å². The molecule has 0 bridgehead atoms. The average molecular weight is 278 g/mol. The first-order chi connectivity index (χ1) is 10.2. The molecule has 0 aliphatic rings. The van der Waals surface area contributed by atoms with Crippen molar-refractivity contribution in [2.45, 2.75) is 6.61 Å². The van der Waals surface area contributed by atoms with Crippen LogP contribution in [-0.4, -0.2) is 5.91 Å². The fourth-order valence-corrected chi connectivity index (χ4v) is 1.76. The highest BCUT2D eigenvalue weighted by atomic mass is 16.5. The van der Waals surface area contributed by atoms with Crippen LogP contribution in [-0.2, 0) is 11.4 Å². The van der Waals surface area contributed by atoms with Crippen LogP contribution in [0.15, 0.2) is 60.2 Å². The van der Waals surface area contributed by atoms with Crippen LogP contribution in [0.3, 0.4) is 0 Å². The van der Waals surface area contributed by atoms with Crippen LogP contribution in [0, 0.1) is 11.3 Å². The summed E-state index contributed by atoms with van der Waals surface area (Å²) < 4.78 is 5.68. The molecule has 4 nitrogen and oxygen atoms in total. The van der Waals surface area contributed by atoms with E-state index in [1.54, 1.807) is 24.3 Å². The van der Waals surface area contributed by atoms with Crippen molar-refractivity contribution in [1.82, 2.24) is 0 Å². The van der Waals surface area contributed by atoms with Crippen molar-refractivity contribution in [2.75, 3.05) is 0 Å². The van der Waals surface area contributed by atoms with E-state index >= 15 is 0 Å². The number of ether oxygens (including phenoxy) is 1. The van der Waals surface area contributed by atoms with Crippen molar-refractivity contribution in [1.29, 1.82) is 5.26 Å². The van der Waals surface area contributed by atoms with Gasteiger partial charge in [0.1, 0.15) is 24.0 Å². The lowest BCUT2D eigenvalue weighted by atomic mass is 10.1. The zero-order chi connectivity index (χ0) is 15.1. The van der Waals surface area contributed by atoms with Crippen LogP contribution in [0.2, 0.25) is 0 Å². The number of carbonyl (C=O) groups excluding carboxylic acids is 1. The van der Waals surface area contributed by atoms with Gasteiger partial charge in [-0.25, -0.2) is 0 Å². The summed E-state index contributed by atoms with van der Waals surface area (Å²) in [4.78, 5) is 11.0. The Morgan fingerprint density at radius 2 is 1.95 bits per heavy atom. The second-order valence-corrected chi connectivity index (χ2v) is 4.38. The van der Waals surface area contributed by atoms with Crippen molar-refractivity contribution in [2.24, 2.45) is 5.73 Å². The van der Waals surface area contributed by atoms with Crippen LogP contribution in [0.25, 0.3) is 6.08 Å². The first-order valence-corrected chi connectivity index (χ1v) is 6.37. The lowest BCUT2D eigenvalue weighted by molar-refractivity contribution is -0.114. The maximum atomic E-state index is 11.0. The monoisotopic (exact) mass is 278 g/mol. The van der Waals surface area contributed by atoms with Crippen LogP contribution < -0.4 is 10.5 Å². The number of carbonyl (C=O) groups is 1. The minimum absolute atomic E-state index is 0.0878. The molecule has 2 rings (SSSR count). The van der Waals surface area contributed by atoms with E-state index in [1.807, 2.05) is 36.4 Å². The largest absolute Gasteiger partial charge is 0.489 e. The summed E-state index contributed by atoms with van der Waals surface area (Å²) in [6.07, 6.45) is 1.44. The minimum Gasteiger partial charge on any atom is -0.489 e. The molecule has 0 fully saturated rings. The van der Waals surface area contributed by atoms with E-state index in [0.717, 1.165) is 5.56 Å². The molecule has 0 aliphatic heterocycles. The molecule has 1 amide bonds. The maximum Gasteiger partial charge on any atom is 0.259 e. The first-order valence-electron chi connectivity index (χ1n) is 6.37. The number of primary amides is 1. The number of hydrogen-bond acceptors (Lipinski definition) is 3. The molecule has 104 valence electrons. The van der Waals surface area contributed by atoms with Crippen LogP contribution in [0.5, 0.6) is 5.75 Å². The first kappa shape index (κ1) is 14.4. The van der Waals surface area contributed by atoms with Crippen molar-refractivity contribution in [3.05, 3.63) is 71.3 Å². The molecule has 0 aromatic heterocycles. The van der Waals surface area contributed by atoms with Crippen molar-refractivity contribution < 1.29 is 9.53 Å². The Hall–Kier alpha value is -3.06. The fourth-order valence-electron chi connectivity index (χ4n) is 1.76. The van der Waals surface area contributed by atoms with Crippen LogP contribution in [0.4, 0.5) is 0 Å². The summed E-state index contributed by atoms with van der Waals surface area (Å²) in [7, 11) is 0. The third kappa shape index (κ3) is 4.22. The number of nitriles is 1. The highest BCUT2D eigenvalue weighted by molar-refractivity contribution is 6.00. The Kier molecular flexibility index (Phi) is 4.73. The lowest BCUT2D eigenvalue weighted by Crippen LogP contribution is -2.12. The van der Waals surface area contributed by atoms with E-state index in [0.29, 0.717) is 17.9 Å². The lowest BCUT2D eigenvalue weighted by Gasteiger charge is -2.07. The minimum atomic E-state index is -0.742. The molecule has 21 heavy (non-hydrogen) atoms. The van der Waals surface area contributed by atoms with Crippen molar-refractivity contribution >= 4 is 12.0 Å². The molecule has 0 saturated heterocycles. The summed E-state index contributed by atoms with van der Waals surface area (Å²) in [6, 6.07) is 18.7. The molecule has 2 aromatic carbocycles. The highest BCUT2D eigenvalue weighted by Gasteiger charge is 2.04. The fraction of sp³-hybridized carbons (Fsp3) is 0.0588. The Balaban J connectivity index is 2.11. The van der Waals surface area contributed by atoms with Gasteiger partial charge in [0.05, 0.1) is 0 Å². The summed E-state index contributed by atoms with van der Waals surface area (Å²) in [6.45, 7) is 0.453. The molecule has 0 spiro atoms. The third-order valence-electron chi connectivity index (χ3n) is 2.80. The SMILES string of the molecule is N#CC(=Cc1cccc(OCc2ccccc2)c1)C(N)=O. The predicted molar refractivity (Wildman–Crippen MR) is 80.0 cm³/mol. The van der Waals surface area contributed by atoms with Crippen molar-refractivity contribution in [3.8, 4) is 11.8 Å². The van der Waals surface area contributed by atoms with Gasteiger partial charge in [-0.05, 0) is 29.3 Å². The molecule has 0 aliphatic carbocycles. The zero-order valence-electron chi connectivity index (χ0n) is 11.3. The molecule has 4 heteroatoms. The molecule has 0 unspecified atom stereocenters. The van der Waals surface area contributed by atoms with E-state index in [-0.39, 0.29) is 5.57 Å². The second kappa shape index (κ2) is 6.92. The number of amides is 1. The Labute approximate surface area is 123 Å². The van der Waals surface area contributed by atoms with Crippen LogP contribution >= 0.6 is 0 Å². The van der Waals surface area contributed by atoms with E-state index in [1.165, 1.54) is 6.08 Å². The molecule has 2 aromatic rings. The topological polar surface area (TPSA) is 76.1 Å². The van der Waals surface area contributed by atoms with Gasteiger partial charge in [0.25, 0.3) is 5.91 Å². The Morgan fingerprint density at radius 1 is 1.19 bits per heavy atom. The van der Waals surface area contributed by atoms with E-state index < -0.39 is 5.91 Å². The number of hydrogen-bond donors (Lipinski definition) is 1. The second-order valence-electron chi connectivity index (χ2n) is 4.38. The van der Waals surface area contributed by atoms with Crippen LogP contribution in [0.1, 0.15) is 11.1 Å². The van der Waals surface area contributed by atoms with Gasteiger partial charge in [-0.2, -0.15) is 5.26 Å². The Morgan fingerprint density at radius 3 is 2.62 bits per heavy atom. The summed E-state index contributed by atoms with van der Waals surface area (Å²) in [5, 5.41) is 8.83. The molecule has 0 radical (unpaired) electrons. The number of rotatable bonds is 5. The van der Waals surface area contributed by atoms with Gasteiger partial charge in [0.2, 0.25) is 0 Å². The molecular weight excluding hydrogens is 264 g/mol. The van der Waals surface area contributed by atoms with Gasteiger partial charge >= 0.3 is 0 Å². The standard InChI is InChI=1S/C17H14N2O2/c18-11-15(17(19)20)9-14-7-4-8-16(10-14)21-12-13-5-2-1-3-6-13/h1-10H,12H2,(H2,19,20). The van der Waals surface area contributed by atoms with E-state index in [9.17, 15) is 4.79 Å². The van der Waals surface area contributed by atoms with Gasteiger partial charge in [0.15, 0.2) is 0 Å². The third-order valence-corrected chi connectivity index (χ3v) is 2.80. The Bertz CT molecular complexity index is 700. The normalized spacial score (nSPS) is 10.7. The molecule has 0 heterocycles. The van der Waals surface area contributed by atoms with Gasteiger partial charge in [0, 0.05) is 0 Å². The number of benzene rings is 2. The predicted octanol–water partition coefficient (Wildman–Crippen LogP) is 2.66. The summed E-state index contributed by atoms with van der Waals surface area (Å²) >= 11 is 0. The van der Waals surface area contributed by atoms with Crippen molar-refractivity contribution in [3.63, 3.8) is 0 Å². The molecule has 2 N–H and O–H groups in total. The van der Waals surface area contributed by atoms with Gasteiger partial charge in [-0.3, -0.25) is 4.79 Å². The molecular formula is C17H14N2O2. The smallest absolute Gasteiger partial charge is 0.259 e. The quantitative estimate of drug-likeness (QED) is 0.674. The molecule has 0 saturated carbocycles. The summed E-state index contributed by atoms with van der Waals surface area (Å²) in [5.74, 6) is -0.0810. The average Bonchev–Trinajstić information content (AvgIpc) is 2.52. The van der Waals surface area contributed by atoms with Gasteiger partial charge < -0.3 is 10.5 Å².